The molecule has 1 atom stereocenters. The average molecular weight is 423 g/mol. The first-order chi connectivity index (χ1) is 15.2. The summed E-state index contributed by atoms with van der Waals surface area (Å²) in [6.07, 6.45) is 14.5. The number of fused-ring (bicyclic) bond motifs is 1. The second-order valence-electron chi connectivity index (χ2n) is 8.99. The number of nitrogens with one attached hydrogen (secondary N) is 1. The Morgan fingerprint density at radius 1 is 1.03 bits per heavy atom. The first-order valence-electron chi connectivity index (χ1n) is 11.6. The quantitative estimate of drug-likeness (QED) is 0.817. The molecule has 1 saturated heterocycles. The van der Waals surface area contributed by atoms with Crippen LogP contribution in [0.3, 0.4) is 0 Å². The van der Waals surface area contributed by atoms with E-state index in [2.05, 4.69) is 19.9 Å². The zero-order valence-corrected chi connectivity index (χ0v) is 17.9. The van der Waals surface area contributed by atoms with Crippen LogP contribution in [-0.4, -0.2) is 54.8 Å². The Morgan fingerprint density at radius 2 is 1.87 bits per heavy atom. The SMILES string of the molecule is O=C(c1cnccn1)N1CCCC[C@@H]1c1nc2c(c(=O)[nH]1)CN(C1CCCCC1)CC2. The molecule has 1 aliphatic carbocycles. The number of nitrogens with zero attached hydrogens (tertiary/aromatic N) is 5. The lowest BCUT2D eigenvalue weighted by molar-refractivity contribution is 0.0591. The number of piperidine rings is 1. The van der Waals surface area contributed by atoms with Gasteiger partial charge in [0.2, 0.25) is 0 Å². The summed E-state index contributed by atoms with van der Waals surface area (Å²) < 4.78 is 0. The smallest absolute Gasteiger partial charge is 0.274 e. The van der Waals surface area contributed by atoms with E-state index < -0.39 is 0 Å². The van der Waals surface area contributed by atoms with E-state index >= 15 is 0 Å². The molecule has 8 heteroatoms. The van der Waals surface area contributed by atoms with E-state index in [-0.39, 0.29) is 17.5 Å². The van der Waals surface area contributed by atoms with Crippen molar-refractivity contribution in [2.45, 2.75) is 76.4 Å². The Labute approximate surface area is 182 Å². The van der Waals surface area contributed by atoms with Crippen LogP contribution in [0.4, 0.5) is 0 Å². The van der Waals surface area contributed by atoms with Gasteiger partial charge in [-0.05, 0) is 32.1 Å². The van der Waals surface area contributed by atoms with E-state index in [4.69, 9.17) is 4.98 Å². The highest BCUT2D eigenvalue weighted by Crippen LogP contribution is 2.31. The third kappa shape index (κ3) is 4.13. The number of aromatic nitrogens is 4. The topological polar surface area (TPSA) is 95.1 Å². The highest BCUT2D eigenvalue weighted by Gasteiger charge is 2.33. The maximum absolute atomic E-state index is 13.1. The molecule has 2 aliphatic heterocycles. The summed E-state index contributed by atoms with van der Waals surface area (Å²) in [6, 6.07) is 0.372. The van der Waals surface area contributed by atoms with Crippen LogP contribution in [0, 0.1) is 0 Å². The van der Waals surface area contributed by atoms with Gasteiger partial charge in [0.15, 0.2) is 0 Å². The molecular weight excluding hydrogens is 392 g/mol. The minimum absolute atomic E-state index is 0.0435. The van der Waals surface area contributed by atoms with Crippen molar-refractivity contribution in [1.29, 1.82) is 0 Å². The molecule has 0 aromatic carbocycles. The Morgan fingerprint density at radius 3 is 2.68 bits per heavy atom. The van der Waals surface area contributed by atoms with Gasteiger partial charge in [-0.1, -0.05) is 19.3 Å². The van der Waals surface area contributed by atoms with E-state index in [1.54, 1.807) is 11.1 Å². The molecule has 0 bridgehead atoms. The van der Waals surface area contributed by atoms with Gasteiger partial charge in [0.05, 0.1) is 23.5 Å². The number of rotatable bonds is 3. The van der Waals surface area contributed by atoms with Crippen LogP contribution < -0.4 is 5.56 Å². The van der Waals surface area contributed by atoms with Crippen molar-refractivity contribution in [3.63, 3.8) is 0 Å². The Kier molecular flexibility index (Phi) is 5.80. The summed E-state index contributed by atoms with van der Waals surface area (Å²) in [5.41, 5.74) is 2.00. The highest BCUT2D eigenvalue weighted by molar-refractivity contribution is 5.92. The molecule has 4 heterocycles. The molecule has 5 rings (SSSR count). The minimum Gasteiger partial charge on any atom is -0.327 e. The summed E-state index contributed by atoms with van der Waals surface area (Å²) in [4.78, 5) is 46.5. The lowest BCUT2D eigenvalue weighted by atomic mass is 9.92. The predicted molar refractivity (Wildman–Crippen MR) is 116 cm³/mol. The Hall–Kier alpha value is -2.61. The van der Waals surface area contributed by atoms with E-state index in [9.17, 15) is 9.59 Å². The molecule has 3 aliphatic rings. The van der Waals surface area contributed by atoms with E-state index in [0.717, 1.165) is 43.5 Å². The van der Waals surface area contributed by atoms with E-state index in [0.29, 0.717) is 30.6 Å². The van der Waals surface area contributed by atoms with Gasteiger partial charge in [0.25, 0.3) is 11.5 Å². The second-order valence-corrected chi connectivity index (χ2v) is 8.99. The van der Waals surface area contributed by atoms with Gasteiger partial charge in [0, 0.05) is 44.5 Å². The summed E-state index contributed by atoms with van der Waals surface area (Å²) in [7, 11) is 0. The van der Waals surface area contributed by atoms with Crippen molar-refractivity contribution in [3.8, 4) is 0 Å². The monoisotopic (exact) mass is 422 g/mol. The highest BCUT2D eigenvalue weighted by atomic mass is 16.2. The lowest BCUT2D eigenvalue weighted by Crippen LogP contribution is -2.44. The fourth-order valence-electron chi connectivity index (χ4n) is 5.40. The average Bonchev–Trinajstić information content (AvgIpc) is 2.84. The molecule has 0 radical (unpaired) electrons. The molecule has 1 amide bonds. The normalized spacial score (nSPS) is 22.8. The molecule has 1 saturated carbocycles. The molecule has 8 nitrogen and oxygen atoms in total. The minimum atomic E-state index is -0.224. The summed E-state index contributed by atoms with van der Waals surface area (Å²) in [6.45, 7) is 2.28. The second kappa shape index (κ2) is 8.86. The number of hydrogen-bond donors (Lipinski definition) is 1. The number of hydrogen-bond acceptors (Lipinski definition) is 6. The van der Waals surface area contributed by atoms with Gasteiger partial charge >= 0.3 is 0 Å². The number of carbonyl (C=O) groups is 1. The van der Waals surface area contributed by atoms with Crippen LogP contribution in [0.1, 0.15) is 85.0 Å². The van der Waals surface area contributed by atoms with Gasteiger partial charge in [-0.2, -0.15) is 0 Å². The Bertz CT molecular complexity index is 985. The molecule has 2 fully saturated rings. The zero-order chi connectivity index (χ0) is 21.2. The molecule has 0 spiro atoms. The van der Waals surface area contributed by atoms with Crippen molar-refractivity contribution in [1.82, 2.24) is 29.7 Å². The molecular formula is C23H30N6O2. The third-order valence-electron chi connectivity index (χ3n) is 7.07. The van der Waals surface area contributed by atoms with Crippen molar-refractivity contribution in [2.75, 3.05) is 13.1 Å². The molecule has 164 valence electrons. The fraction of sp³-hybridized carbons (Fsp3) is 0.609. The molecule has 2 aromatic heterocycles. The number of aromatic amines is 1. The Balaban J connectivity index is 1.39. The van der Waals surface area contributed by atoms with Gasteiger partial charge in [-0.15, -0.1) is 0 Å². The van der Waals surface area contributed by atoms with Gasteiger partial charge in [-0.25, -0.2) is 9.97 Å². The van der Waals surface area contributed by atoms with Crippen LogP contribution in [0.15, 0.2) is 23.4 Å². The van der Waals surface area contributed by atoms with Crippen molar-refractivity contribution < 1.29 is 4.79 Å². The van der Waals surface area contributed by atoms with Crippen LogP contribution in [-0.2, 0) is 13.0 Å². The first-order valence-corrected chi connectivity index (χ1v) is 11.6. The van der Waals surface area contributed by atoms with Crippen LogP contribution >= 0.6 is 0 Å². The lowest BCUT2D eigenvalue weighted by Gasteiger charge is -2.38. The largest absolute Gasteiger partial charge is 0.327 e. The first kappa shape index (κ1) is 20.3. The van der Waals surface area contributed by atoms with E-state index in [1.807, 2.05) is 0 Å². The molecule has 31 heavy (non-hydrogen) atoms. The van der Waals surface area contributed by atoms with Gasteiger partial charge in [-0.3, -0.25) is 19.5 Å². The molecule has 2 aromatic rings. The van der Waals surface area contributed by atoms with Crippen molar-refractivity contribution in [2.24, 2.45) is 0 Å². The predicted octanol–water partition coefficient (Wildman–Crippen LogP) is 2.62. The number of amides is 1. The number of H-pyrrole nitrogens is 1. The summed E-state index contributed by atoms with van der Waals surface area (Å²) in [5.74, 6) is 0.466. The van der Waals surface area contributed by atoms with Crippen LogP contribution in [0.5, 0.6) is 0 Å². The van der Waals surface area contributed by atoms with Crippen molar-refractivity contribution in [3.05, 3.63) is 51.7 Å². The standard InChI is InChI=1S/C23H30N6O2/c30-22-17-15-28(16-6-2-1-3-7-16)13-9-18(17)26-21(27-22)20-8-4-5-12-29(20)23(31)19-14-24-10-11-25-19/h10-11,14,16,20H,1-9,12-13,15H2,(H,26,27,30)/t20-/m1/s1. The van der Waals surface area contributed by atoms with E-state index in [1.165, 1.54) is 44.5 Å². The fourth-order valence-corrected chi connectivity index (χ4v) is 5.40. The maximum atomic E-state index is 13.1. The van der Waals surface area contributed by atoms with Crippen LogP contribution in [0.25, 0.3) is 0 Å². The van der Waals surface area contributed by atoms with Crippen LogP contribution in [0.2, 0.25) is 0 Å². The zero-order valence-electron chi connectivity index (χ0n) is 17.9. The summed E-state index contributed by atoms with van der Waals surface area (Å²) >= 11 is 0. The number of carbonyl (C=O) groups excluding carboxylic acids is 1. The van der Waals surface area contributed by atoms with Crippen molar-refractivity contribution >= 4 is 5.91 Å². The summed E-state index contributed by atoms with van der Waals surface area (Å²) in [5, 5.41) is 0. The number of likely N-dealkylation sites (tertiary alicyclic amines) is 1. The van der Waals surface area contributed by atoms with Gasteiger partial charge < -0.3 is 9.88 Å². The molecule has 0 unspecified atom stereocenters. The molecule has 1 N–H and O–H groups in total. The van der Waals surface area contributed by atoms with Gasteiger partial charge in [0.1, 0.15) is 11.5 Å². The third-order valence-corrected chi connectivity index (χ3v) is 7.07. The maximum Gasteiger partial charge on any atom is 0.274 e.